The van der Waals surface area contributed by atoms with Gasteiger partial charge in [0, 0.05) is 5.54 Å². The van der Waals surface area contributed by atoms with Crippen LogP contribution in [-0.2, 0) is 0 Å². The van der Waals surface area contributed by atoms with E-state index in [-0.39, 0.29) is 17.4 Å². The van der Waals surface area contributed by atoms with E-state index < -0.39 is 0 Å². The maximum Gasteiger partial charge on any atom is 0.123 e. The monoisotopic (exact) mass is 278 g/mol. The van der Waals surface area contributed by atoms with Crippen molar-refractivity contribution in [3.63, 3.8) is 0 Å². The van der Waals surface area contributed by atoms with Crippen LogP contribution in [0.3, 0.4) is 0 Å². The summed E-state index contributed by atoms with van der Waals surface area (Å²) in [5.74, 6) is -0.164. The van der Waals surface area contributed by atoms with Gasteiger partial charge in [-0.15, -0.1) is 0 Å². The molecule has 0 spiro atoms. The van der Waals surface area contributed by atoms with Crippen molar-refractivity contribution in [1.29, 1.82) is 0 Å². The third-order valence-corrected chi connectivity index (χ3v) is 4.78. The lowest BCUT2D eigenvalue weighted by Crippen LogP contribution is -2.53. The van der Waals surface area contributed by atoms with Crippen molar-refractivity contribution in [2.45, 2.75) is 51.6 Å². The van der Waals surface area contributed by atoms with Crippen LogP contribution >= 0.6 is 0 Å². The number of likely N-dealkylation sites (tertiary alicyclic amines) is 1. The molecule has 0 amide bonds. The van der Waals surface area contributed by atoms with E-state index in [4.69, 9.17) is 0 Å². The third kappa shape index (κ3) is 3.04. The predicted molar refractivity (Wildman–Crippen MR) is 82.3 cm³/mol. The molecule has 0 aromatic heterocycles. The summed E-state index contributed by atoms with van der Waals surface area (Å²) in [6.45, 7) is 10.0. The molecule has 2 rings (SSSR count). The first-order valence-corrected chi connectivity index (χ1v) is 7.85. The SMILES string of the molecule is CCNC(c1ccc(F)cc1)C(C)(CC)N1CCCC1. The highest BCUT2D eigenvalue weighted by Gasteiger charge is 2.39. The summed E-state index contributed by atoms with van der Waals surface area (Å²) in [5, 5.41) is 3.62. The van der Waals surface area contributed by atoms with Gasteiger partial charge in [-0.2, -0.15) is 0 Å². The van der Waals surface area contributed by atoms with E-state index in [2.05, 4.69) is 31.0 Å². The Kier molecular flexibility index (Phi) is 5.17. The molecule has 2 atom stereocenters. The summed E-state index contributed by atoms with van der Waals surface area (Å²) in [4.78, 5) is 2.60. The maximum atomic E-state index is 13.2. The fourth-order valence-corrected chi connectivity index (χ4v) is 3.39. The molecular formula is C17H27FN2. The fraction of sp³-hybridized carbons (Fsp3) is 0.647. The van der Waals surface area contributed by atoms with E-state index in [1.807, 2.05) is 12.1 Å². The fourth-order valence-electron chi connectivity index (χ4n) is 3.39. The van der Waals surface area contributed by atoms with E-state index in [0.717, 1.165) is 13.0 Å². The molecule has 1 aliphatic rings. The van der Waals surface area contributed by atoms with Crippen LogP contribution in [0.4, 0.5) is 4.39 Å². The molecule has 0 aliphatic carbocycles. The van der Waals surface area contributed by atoms with Crippen LogP contribution in [-0.4, -0.2) is 30.1 Å². The van der Waals surface area contributed by atoms with E-state index in [1.165, 1.54) is 31.5 Å². The Balaban J connectivity index is 2.31. The number of rotatable bonds is 6. The minimum absolute atomic E-state index is 0.0876. The zero-order valence-electron chi connectivity index (χ0n) is 13.0. The Bertz CT molecular complexity index is 412. The molecule has 20 heavy (non-hydrogen) atoms. The van der Waals surface area contributed by atoms with E-state index in [1.54, 1.807) is 12.1 Å². The largest absolute Gasteiger partial charge is 0.309 e. The minimum atomic E-state index is -0.164. The van der Waals surface area contributed by atoms with Gasteiger partial charge in [0.05, 0.1) is 6.04 Å². The van der Waals surface area contributed by atoms with Crippen molar-refractivity contribution < 1.29 is 4.39 Å². The number of hydrogen-bond acceptors (Lipinski definition) is 2. The Labute approximate surface area is 122 Å². The first-order valence-electron chi connectivity index (χ1n) is 7.85. The van der Waals surface area contributed by atoms with Gasteiger partial charge in [0.15, 0.2) is 0 Å². The molecule has 1 aromatic rings. The number of halogens is 1. The number of nitrogens with one attached hydrogen (secondary N) is 1. The standard InChI is InChI=1S/C17H27FN2/c1-4-17(3,20-12-6-7-13-20)16(19-5-2)14-8-10-15(18)11-9-14/h8-11,16,19H,4-7,12-13H2,1-3H3. The van der Waals surface area contributed by atoms with Gasteiger partial charge in [0.25, 0.3) is 0 Å². The van der Waals surface area contributed by atoms with Crippen LogP contribution in [0, 0.1) is 5.82 Å². The van der Waals surface area contributed by atoms with Crippen LogP contribution in [0.25, 0.3) is 0 Å². The van der Waals surface area contributed by atoms with Crippen molar-refractivity contribution in [3.8, 4) is 0 Å². The normalized spacial score (nSPS) is 20.8. The second kappa shape index (κ2) is 6.68. The van der Waals surface area contributed by atoms with Crippen LogP contribution in [0.15, 0.2) is 24.3 Å². The Morgan fingerprint density at radius 1 is 1.20 bits per heavy atom. The first kappa shape index (κ1) is 15.5. The van der Waals surface area contributed by atoms with Crippen molar-refractivity contribution in [2.75, 3.05) is 19.6 Å². The summed E-state index contributed by atoms with van der Waals surface area (Å²) in [6.07, 6.45) is 3.66. The summed E-state index contributed by atoms with van der Waals surface area (Å²) < 4.78 is 13.2. The molecule has 1 aromatic carbocycles. The highest BCUT2D eigenvalue weighted by molar-refractivity contribution is 5.24. The summed E-state index contributed by atoms with van der Waals surface area (Å²) in [7, 11) is 0. The first-order chi connectivity index (χ1) is 9.61. The van der Waals surface area contributed by atoms with Crippen LogP contribution in [0.1, 0.15) is 51.6 Å². The minimum Gasteiger partial charge on any atom is -0.309 e. The lowest BCUT2D eigenvalue weighted by atomic mass is 9.83. The average Bonchev–Trinajstić information content (AvgIpc) is 3.00. The zero-order chi connectivity index (χ0) is 14.6. The molecule has 2 nitrogen and oxygen atoms in total. The molecular weight excluding hydrogens is 251 g/mol. The van der Waals surface area contributed by atoms with Crippen LogP contribution < -0.4 is 5.32 Å². The topological polar surface area (TPSA) is 15.3 Å². The van der Waals surface area contributed by atoms with Crippen molar-refractivity contribution in [2.24, 2.45) is 0 Å². The third-order valence-electron chi connectivity index (χ3n) is 4.78. The molecule has 1 fully saturated rings. The lowest BCUT2D eigenvalue weighted by molar-refractivity contribution is 0.0846. The van der Waals surface area contributed by atoms with E-state index in [0.29, 0.717) is 0 Å². The molecule has 1 N–H and O–H groups in total. The Morgan fingerprint density at radius 2 is 1.80 bits per heavy atom. The van der Waals surface area contributed by atoms with E-state index in [9.17, 15) is 4.39 Å². The second-order valence-electron chi connectivity index (χ2n) is 5.95. The molecule has 3 heteroatoms. The molecule has 0 radical (unpaired) electrons. The van der Waals surface area contributed by atoms with Gasteiger partial charge < -0.3 is 5.32 Å². The quantitative estimate of drug-likeness (QED) is 0.852. The van der Waals surface area contributed by atoms with Gasteiger partial charge in [0.1, 0.15) is 5.82 Å². The molecule has 0 bridgehead atoms. The van der Waals surface area contributed by atoms with Crippen LogP contribution in [0.5, 0.6) is 0 Å². The highest BCUT2D eigenvalue weighted by atomic mass is 19.1. The number of likely N-dealkylation sites (N-methyl/N-ethyl adjacent to an activating group) is 1. The molecule has 1 heterocycles. The maximum absolute atomic E-state index is 13.2. The average molecular weight is 278 g/mol. The lowest BCUT2D eigenvalue weighted by Gasteiger charge is -2.45. The summed E-state index contributed by atoms with van der Waals surface area (Å²) >= 11 is 0. The molecule has 1 aliphatic heterocycles. The van der Waals surface area contributed by atoms with Gasteiger partial charge >= 0.3 is 0 Å². The van der Waals surface area contributed by atoms with Gasteiger partial charge in [-0.25, -0.2) is 4.39 Å². The smallest absolute Gasteiger partial charge is 0.123 e. The second-order valence-corrected chi connectivity index (χ2v) is 5.95. The molecule has 112 valence electrons. The summed E-state index contributed by atoms with van der Waals surface area (Å²) in [5.41, 5.74) is 1.27. The Morgan fingerprint density at radius 3 is 2.30 bits per heavy atom. The van der Waals surface area contributed by atoms with Gasteiger partial charge in [-0.1, -0.05) is 26.0 Å². The van der Waals surface area contributed by atoms with Crippen LogP contribution in [0.2, 0.25) is 0 Å². The Hall–Kier alpha value is -0.930. The highest BCUT2D eigenvalue weighted by Crippen LogP contribution is 2.36. The molecule has 2 unspecified atom stereocenters. The van der Waals surface area contributed by atoms with Crippen molar-refractivity contribution in [1.82, 2.24) is 10.2 Å². The molecule has 0 saturated carbocycles. The predicted octanol–water partition coefficient (Wildman–Crippen LogP) is 3.74. The number of hydrogen-bond donors (Lipinski definition) is 1. The molecule has 1 saturated heterocycles. The van der Waals surface area contributed by atoms with Crippen molar-refractivity contribution in [3.05, 3.63) is 35.6 Å². The van der Waals surface area contributed by atoms with Gasteiger partial charge in [0.2, 0.25) is 0 Å². The van der Waals surface area contributed by atoms with Gasteiger partial charge in [-0.3, -0.25) is 4.90 Å². The van der Waals surface area contributed by atoms with Gasteiger partial charge in [-0.05, 0) is 63.5 Å². The van der Waals surface area contributed by atoms with Crippen molar-refractivity contribution >= 4 is 0 Å². The number of benzene rings is 1. The van der Waals surface area contributed by atoms with E-state index >= 15 is 0 Å². The summed E-state index contributed by atoms with van der Waals surface area (Å²) in [6, 6.07) is 7.23. The zero-order valence-corrected chi connectivity index (χ0v) is 13.0. The number of nitrogens with zero attached hydrogens (tertiary/aromatic N) is 1.